The Morgan fingerprint density at radius 2 is 1.68 bits per heavy atom. The van der Waals surface area contributed by atoms with Gasteiger partial charge in [-0.05, 0) is 24.5 Å². The van der Waals surface area contributed by atoms with E-state index in [4.69, 9.17) is 4.98 Å². The van der Waals surface area contributed by atoms with Crippen LogP contribution >= 0.6 is 11.3 Å². The molecule has 112 valence electrons. The summed E-state index contributed by atoms with van der Waals surface area (Å²) < 4.78 is 0. The summed E-state index contributed by atoms with van der Waals surface area (Å²) in [5.41, 5.74) is 4.91. The quantitative estimate of drug-likeness (QED) is 0.692. The molecule has 22 heavy (non-hydrogen) atoms. The fraction of sp³-hybridized carbons (Fsp3) is 0.211. The molecule has 2 nitrogen and oxygen atoms in total. The van der Waals surface area contributed by atoms with Crippen molar-refractivity contribution in [2.24, 2.45) is 0 Å². The van der Waals surface area contributed by atoms with E-state index in [-0.39, 0.29) is 0 Å². The van der Waals surface area contributed by atoms with Crippen LogP contribution < -0.4 is 5.32 Å². The number of aromatic nitrogens is 1. The number of nitrogens with zero attached hydrogens (tertiary/aromatic N) is 1. The van der Waals surface area contributed by atoms with E-state index in [9.17, 15) is 0 Å². The van der Waals surface area contributed by atoms with E-state index in [1.165, 1.54) is 21.6 Å². The average Bonchev–Trinajstić information content (AvgIpc) is 2.95. The van der Waals surface area contributed by atoms with Gasteiger partial charge < -0.3 is 5.32 Å². The van der Waals surface area contributed by atoms with Crippen LogP contribution in [0.15, 0.2) is 54.6 Å². The van der Waals surface area contributed by atoms with Crippen molar-refractivity contribution in [2.45, 2.75) is 26.8 Å². The van der Waals surface area contributed by atoms with Gasteiger partial charge in [0, 0.05) is 17.0 Å². The first-order valence-corrected chi connectivity index (χ1v) is 8.42. The topological polar surface area (TPSA) is 24.9 Å². The van der Waals surface area contributed by atoms with E-state index < -0.39 is 0 Å². The smallest absolute Gasteiger partial charge is 0.183 e. The number of hydrogen-bond acceptors (Lipinski definition) is 3. The highest BCUT2D eigenvalue weighted by atomic mass is 32.1. The van der Waals surface area contributed by atoms with E-state index in [2.05, 4.69) is 67.7 Å². The number of rotatable bonds is 5. The Morgan fingerprint density at radius 3 is 2.36 bits per heavy atom. The minimum absolute atomic E-state index is 0.808. The number of benzene rings is 2. The summed E-state index contributed by atoms with van der Waals surface area (Å²) in [5.74, 6) is 0. The Balaban J connectivity index is 1.75. The number of hydrogen-bond donors (Lipinski definition) is 1. The molecule has 0 amide bonds. The maximum absolute atomic E-state index is 4.76. The summed E-state index contributed by atoms with van der Waals surface area (Å²) in [6.07, 6.45) is 1.07. The lowest BCUT2D eigenvalue weighted by molar-refractivity contribution is 1.13. The Bertz CT molecular complexity index is 730. The molecule has 0 fully saturated rings. The van der Waals surface area contributed by atoms with Gasteiger partial charge >= 0.3 is 0 Å². The first-order valence-electron chi connectivity index (χ1n) is 7.61. The monoisotopic (exact) mass is 308 g/mol. The second kappa shape index (κ2) is 6.75. The third-order valence-electron chi connectivity index (χ3n) is 3.72. The Labute approximate surface area is 135 Å². The molecule has 1 aromatic heterocycles. The standard InChI is InChI=1S/C19H20N2S/c1-3-15-9-11-17(12-10-15)18-14(2)22-19(21-18)20-13-16-7-5-4-6-8-16/h4-12H,3,13H2,1-2H3,(H,20,21). The number of nitrogens with one attached hydrogen (secondary N) is 1. The maximum Gasteiger partial charge on any atom is 0.183 e. The fourth-order valence-electron chi connectivity index (χ4n) is 2.41. The number of anilines is 1. The summed E-state index contributed by atoms with van der Waals surface area (Å²) in [6, 6.07) is 19.1. The normalized spacial score (nSPS) is 10.6. The highest BCUT2D eigenvalue weighted by Crippen LogP contribution is 2.30. The minimum atomic E-state index is 0.808. The molecule has 1 N–H and O–H groups in total. The van der Waals surface area contributed by atoms with Crippen LogP contribution in [0, 0.1) is 6.92 Å². The molecule has 0 radical (unpaired) electrons. The molecule has 0 atom stereocenters. The second-order valence-corrected chi connectivity index (χ2v) is 6.52. The molecule has 0 aliphatic rings. The maximum atomic E-state index is 4.76. The highest BCUT2D eigenvalue weighted by Gasteiger charge is 2.09. The van der Waals surface area contributed by atoms with Crippen molar-refractivity contribution in [3.05, 3.63) is 70.6 Å². The lowest BCUT2D eigenvalue weighted by Crippen LogP contribution is -1.98. The van der Waals surface area contributed by atoms with Crippen molar-refractivity contribution in [1.29, 1.82) is 0 Å². The summed E-state index contributed by atoms with van der Waals surface area (Å²) in [4.78, 5) is 6.01. The molecule has 3 rings (SSSR count). The molecule has 0 aliphatic carbocycles. The molecular formula is C19H20N2S. The number of aryl methyl sites for hydroxylation is 2. The zero-order chi connectivity index (χ0) is 15.4. The van der Waals surface area contributed by atoms with Gasteiger partial charge in [0.15, 0.2) is 5.13 Å². The van der Waals surface area contributed by atoms with E-state index in [0.717, 1.165) is 23.8 Å². The second-order valence-electron chi connectivity index (χ2n) is 5.31. The third kappa shape index (κ3) is 3.37. The zero-order valence-corrected chi connectivity index (χ0v) is 13.8. The summed E-state index contributed by atoms with van der Waals surface area (Å²) in [7, 11) is 0. The minimum Gasteiger partial charge on any atom is -0.357 e. The molecule has 0 saturated heterocycles. The first-order chi connectivity index (χ1) is 10.8. The summed E-state index contributed by atoms with van der Waals surface area (Å²) in [6.45, 7) is 5.12. The van der Waals surface area contributed by atoms with Gasteiger partial charge in [0.1, 0.15) is 0 Å². The van der Waals surface area contributed by atoms with Gasteiger partial charge in [-0.1, -0.05) is 61.5 Å². The van der Waals surface area contributed by atoms with Crippen LogP contribution in [0.1, 0.15) is 22.9 Å². The van der Waals surface area contributed by atoms with Crippen molar-refractivity contribution in [3.63, 3.8) is 0 Å². The molecule has 0 unspecified atom stereocenters. The SMILES string of the molecule is CCc1ccc(-c2nc(NCc3ccccc3)sc2C)cc1. The average molecular weight is 308 g/mol. The van der Waals surface area contributed by atoms with Gasteiger partial charge in [0.2, 0.25) is 0 Å². The summed E-state index contributed by atoms with van der Waals surface area (Å²) >= 11 is 1.72. The molecule has 2 aromatic carbocycles. The van der Waals surface area contributed by atoms with Crippen molar-refractivity contribution >= 4 is 16.5 Å². The van der Waals surface area contributed by atoms with Crippen molar-refractivity contribution in [2.75, 3.05) is 5.32 Å². The van der Waals surface area contributed by atoms with Crippen molar-refractivity contribution in [3.8, 4) is 11.3 Å². The van der Waals surface area contributed by atoms with E-state index >= 15 is 0 Å². The molecule has 0 saturated carbocycles. The molecular weight excluding hydrogens is 288 g/mol. The van der Waals surface area contributed by atoms with Crippen LogP contribution in [-0.4, -0.2) is 4.98 Å². The first kappa shape index (κ1) is 14.8. The van der Waals surface area contributed by atoms with E-state index in [1.54, 1.807) is 11.3 Å². The molecule has 3 heteroatoms. The van der Waals surface area contributed by atoms with E-state index in [1.807, 2.05) is 6.07 Å². The van der Waals surface area contributed by atoms with Gasteiger partial charge in [0.25, 0.3) is 0 Å². The number of thiazole rings is 1. The zero-order valence-electron chi connectivity index (χ0n) is 13.0. The summed E-state index contributed by atoms with van der Waals surface area (Å²) in [5, 5.41) is 4.40. The van der Waals surface area contributed by atoms with Crippen LogP contribution in [0.3, 0.4) is 0 Å². The van der Waals surface area contributed by atoms with Crippen LogP contribution in [0.4, 0.5) is 5.13 Å². The predicted molar refractivity (Wildman–Crippen MR) is 95.4 cm³/mol. The highest BCUT2D eigenvalue weighted by molar-refractivity contribution is 7.15. The molecule has 0 aliphatic heterocycles. The molecule has 0 bridgehead atoms. The van der Waals surface area contributed by atoms with Crippen LogP contribution in [-0.2, 0) is 13.0 Å². The van der Waals surface area contributed by atoms with Gasteiger partial charge in [-0.2, -0.15) is 0 Å². The lowest BCUT2D eigenvalue weighted by Gasteiger charge is -2.02. The Kier molecular flexibility index (Phi) is 4.54. The van der Waals surface area contributed by atoms with Crippen LogP contribution in [0.2, 0.25) is 0 Å². The van der Waals surface area contributed by atoms with Gasteiger partial charge in [-0.15, -0.1) is 11.3 Å². The molecule has 0 spiro atoms. The van der Waals surface area contributed by atoms with Gasteiger partial charge in [0.05, 0.1) is 5.69 Å². The third-order valence-corrected chi connectivity index (χ3v) is 4.65. The Morgan fingerprint density at radius 1 is 0.955 bits per heavy atom. The van der Waals surface area contributed by atoms with E-state index in [0.29, 0.717) is 0 Å². The van der Waals surface area contributed by atoms with Crippen molar-refractivity contribution in [1.82, 2.24) is 4.98 Å². The predicted octanol–water partition coefficient (Wildman–Crippen LogP) is 5.29. The fourth-order valence-corrected chi connectivity index (χ4v) is 3.24. The molecule has 1 heterocycles. The lowest BCUT2D eigenvalue weighted by atomic mass is 10.1. The van der Waals surface area contributed by atoms with Gasteiger partial charge in [-0.25, -0.2) is 4.98 Å². The van der Waals surface area contributed by atoms with Crippen molar-refractivity contribution < 1.29 is 0 Å². The molecule has 3 aromatic rings. The van der Waals surface area contributed by atoms with Crippen LogP contribution in [0.25, 0.3) is 11.3 Å². The van der Waals surface area contributed by atoms with Gasteiger partial charge in [-0.3, -0.25) is 0 Å². The largest absolute Gasteiger partial charge is 0.357 e. The van der Waals surface area contributed by atoms with Crippen LogP contribution in [0.5, 0.6) is 0 Å². The Hall–Kier alpha value is -2.13.